The van der Waals surface area contributed by atoms with E-state index in [2.05, 4.69) is 0 Å². The molecule has 0 fully saturated rings. The van der Waals surface area contributed by atoms with Gasteiger partial charge in [0, 0.05) is 20.1 Å². The summed E-state index contributed by atoms with van der Waals surface area (Å²) >= 11 is 0. The lowest BCUT2D eigenvalue weighted by Gasteiger charge is -2.30. The Morgan fingerprint density at radius 2 is 1.76 bits per heavy atom. The van der Waals surface area contributed by atoms with Gasteiger partial charge in [0.1, 0.15) is 0 Å². The maximum absolute atomic E-state index is 12.5. The topological polar surface area (TPSA) is 46.3 Å². The molecule has 0 saturated carbocycles. The molecule has 1 rings (SSSR count). The van der Waals surface area contributed by atoms with Gasteiger partial charge in [0.05, 0.1) is 11.0 Å². The maximum atomic E-state index is 12.5. The van der Waals surface area contributed by atoms with E-state index in [1.54, 1.807) is 14.0 Å². The van der Waals surface area contributed by atoms with Gasteiger partial charge < -0.3 is 10.6 Å². The van der Waals surface area contributed by atoms with Crippen LogP contribution in [0.1, 0.15) is 31.4 Å². The Morgan fingerprint density at radius 1 is 1.24 bits per heavy atom. The van der Waals surface area contributed by atoms with Gasteiger partial charge in [-0.25, -0.2) is 0 Å². The number of hydrogen-bond acceptors (Lipinski definition) is 2. The van der Waals surface area contributed by atoms with E-state index in [-0.39, 0.29) is 19.0 Å². The van der Waals surface area contributed by atoms with E-state index >= 15 is 0 Å². The third-order valence-corrected chi connectivity index (χ3v) is 3.79. The molecular formula is C15H21F3N2O. The predicted molar refractivity (Wildman–Crippen MR) is 75.4 cm³/mol. The fourth-order valence-electron chi connectivity index (χ4n) is 1.99. The fourth-order valence-corrected chi connectivity index (χ4v) is 1.99. The lowest BCUT2D eigenvalue weighted by atomic mass is 9.86. The predicted octanol–water partition coefficient (Wildman–Crippen LogP) is 3.04. The Balaban J connectivity index is 2.80. The van der Waals surface area contributed by atoms with Gasteiger partial charge in [-0.2, -0.15) is 13.2 Å². The molecule has 0 spiro atoms. The number of carbonyl (C=O) groups is 1. The molecule has 1 aromatic carbocycles. The molecule has 0 aromatic heterocycles. The summed E-state index contributed by atoms with van der Waals surface area (Å²) in [6.07, 6.45) is -3.74. The largest absolute Gasteiger partial charge is 0.416 e. The summed E-state index contributed by atoms with van der Waals surface area (Å²) in [5.41, 5.74) is 4.96. The van der Waals surface area contributed by atoms with E-state index in [4.69, 9.17) is 5.73 Å². The number of nitrogens with two attached hydrogens (primary N) is 1. The lowest BCUT2D eigenvalue weighted by molar-refractivity contribution is -0.140. The van der Waals surface area contributed by atoms with Crippen LogP contribution in [0.15, 0.2) is 24.3 Å². The number of alkyl halides is 3. The molecule has 0 aliphatic heterocycles. The summed E-state index contributed by atoms with van der Waals surface area (Å²) in [5, 5.41) is 0. The van der Waals surface area contributed by atoms with Crippen LogP contribution in [0.2, 0.25) is 0 Å². The highest BCUT2D eigenvalue weighted by Gasteiger charge is 2.33. The summed E-state index contributed by atoms with van der Waals surface area (Å²) in [6.45, 7) is 4.17. The number of hydrogen-bond donors (Lipinski definition) is 1. The molecule has 0 radical (unpaired) electrons. The minimum atomic E-state index is -4.35. The number of benzene rings is 1. The van der Waals surface area contributed by atoms with Crippen molar-refractivity contribution in [1.82, 2.24) is 4.90 Å². The van der Waals surface area contributed by atoms with Crippen LogP contribution in [-0.2, 0) is 17.5 Å². The van der Waals surface area contributed by atoms with Crippen LogP contribution < -0.4 is 5.73 Å². The average Bonchev–Trinajstić information content (AvgIpc) is 2.45. The van der Waals surface area contributed by atoms with Crippen molar-refractivity contribution < 1.29 is 18.0 Å². The fraction of sp³-hybridized carbons (Fsp3) is 0.533. The molecule has 2 N–H and O–H groups in total. The van der Waals surface area contributed by atoms with Crippen molar-refractivity contribution in [3.63, 3.8) is 0 Å². The van der Waals surface area contributed by atoms with Crippen LogP contribution in [0.4, 0.5) is 13.2 Å². The van der Waals surface area contributed by atoms with Crippen molar-refractivity contribution in [2.75, 3.05) is 13.6 Å². The Hall–Kier alpha value is -1.56. The minimum Gasteiger partial charge on any atom is -0.341 e. The Kier molecular flexibility index (Phi) is 5.39. The van der Waals surface area contributed by atoms with Crippen LogP contribution in [0, 0.1) is 5.41 Å². The summed E-state index contributed by atoms with van der Waals surface area (Å²) in [5.74, 6) is -0.104. The van der Waals surface area contributed by atoms with Crippen molar-refractivity contribution in [1.29, 1.82) is 0 Å². The van der Waals surface area contributed by atoms with Crippen LogP contribution >= 0.6 is 0 Å². The smallest absolute Gasteiger partial charge is 0.341 e. The second kappa shape index (κ2) is 6.47. The van der Waals surface area contributed by atoms with Crippen LogP contribution in [0.5, 0.6) is 0 Å². The molecule has 0 aliphatic rings. The molecule has 1 unspecified atom stereocenters. The maximum Gasteiger partial charge on any atom is 0.416 e. The van der Waals surface area contributed by atoms with Gasteiger partial charge in [-0.05, 0) is 31.0 Å². The minimum absolute atomic E-state index is 0.104. The van der Waals surface area contributed by atoms with E-state index < -0.39 is 17.2 Å². The van der Waals surface area contributed by atoms with E-state index in [9.17, 15) is 18.0 Å². The summed E-state index contributed by atoms with van der Waals surface area (Å²) in [7, 11) is 1.63. The van der Waals surface area contributed by atoms with E-state index in [1.807, 2.05) is 6.92 Å². The van der Waals surface area contributed by atoms with Crippen LogP contribution in [-0.4, -0.2) is 24.4 Å². The molecule has 118 valence electrons. The van der Waals surface area contributed by atoms with Gasteiger partial charge in [0.15, 0.2) is 0 Å². The third kappa shape index (κ3) is 4.20. The first-order valence-electron chi connectivity index (χ1n) is 6.76. The van der Waals surface area contributed by atoms with Crippen molar-refractivity contribution >= 4 is 5.91 Å². The van der Waals surface area contributed by atoms with E-state index in [0.717, 1.165) is 12.1 Å². The summed E-state index contributed by atoms with van der Waals surface area (Å²) in [6, 6.07) is 4.82. The molecule has 1 atom stereocenters. The lowest BCUT2D eigenvalue weighted by Crippen LogP contribution is -2.44. The molecule has 0 saturated heterocycles. The van der Waals surface area contributed by atoms with E-state index in [1.165, 1.54) is 17.0 Å². The Bertz CT molecular complexity index is 479. The summed E-state index contributed by atoms with van der Waals surface area (Å²) in [4.78, 5) is 13.8. The Morgan fingerprint density at radius 3 is 2.14 bits per heavy atom. The first kappa shape index (κ1) is 17.5. The number of carbonyl (C=O) groups excluding carboxylic acids is 1. The molecule has 6 heteroatoms. The van der Waals surface area contributed by atoms with Gasteiger partial charge in [0.25, 0.3) is 0 Å². The first-order chi connectivity index (χ1) is 9.64. The second-order valence-corrected chi connectivity index (χ2v) is 5.47. The van der Waals surface area contributed by atoms with Gasteiger partial charge in [-0.15, -0.1) is 0 Å². The number of halogens is 3. The highest BCUT2D eigenvalue weighted by atomic mass is 19.4. The standard InChI is InChI=1S/C15H21F3N2O/c1-4-14(2,10-19)13(21)20(3)9-11-5-7-12(8-6-11)15(16,17)18/h5-8H,4,9-10,19H2,1-3H3. The van der Waals surface area contributed by atoms with Gasteiger partial charge in [0.2, 0.25) is 5.91 Å². The van der Waals surface area contributed by atoms with Gasteiger partial charge in [-0.3, -0.25) is 4.79 Å². The zero-order chi connectivity index (χ0) is 16.3. The molecule has 0 aliphatic carbocycles. The van der Waals surface area contributed by atoms with Crippen molar-refractivity contribution in [2.45, 2.75) is 33.0 Å². The molecule has 0 heterocycles. The first-order valence-corrected chi connectivity index (χ1v) is 6.76. The highest BCUT2D eigenvalue weighted by molar-refractivity contribution is 5.82. The average molecular weight is 302 g/mol. The highest BCUT2D eigenvalue weighted by Crippen LogP contribution is 2.29. The van der Waals surface area contributed by atoms with Gasteiger partial charge >= 0.3 is 6.18 Å². The molecule has 1 aromatic rings. The zero-order valence-corrected chi connectivity index (χ0v) is 12.5. The molecule has 1 amide bonds. The molecular weight excluding hydrogens is 281 g/mol. The number of nitrogens with zero attached hydrogens (tertiary/aromatic N) is 1. The Labute approximate surface area is 122 Å². The SMILES string of the molecule is CCC(C)(CN)C(=O)N(C)Cc1ccc(C(F)(F)F)cc1. The molecule has 21 heavy (non-hydrogen) atoms. The van der Waals surface area contributed by atoms with Crippen molar-refractivity contribution in [2.24, 2.45) is 11.1 Å². The van der Waals surface area contributed by atoms with Gasteiger partial charge in [-0.1, -0.05) is 19.1 Å². The number of rotatable bonds is 5. The van der Waals surface area contributed by atoms with E-state index in [0.29, 0.717) is 12.0 Å². The molecule has 3 nitrogen and oxygen atoms in total. The number of amides is 1. The molecule has 0 bridgehead atoms. The zero-order valence-electron chi connectivity index (χ0n) is 12.5. The quantitative estimate of drug-likeness (QED) is 0.908. The second-order valence-electron chi connectivity index (χ2n) is 5.47. The van der Waals surface area contributed by atoms with Crippen LogP contribution in [0.25, 0.3) is 0 Å². The normalized spacial score (nSPS) is 14.6. The summed E-state index contributed by atoms with van der Waals surface area (Å²) < 4.78 is 37.4. The van der Waals surface area contributed by atoms with Crippen molar-refractivity contribution in [3.05, 3.63) is 35.4 Å². The third-order valence-electron chi connectivity index (χ3n) is 3.79. The van der Waals surface area contributed by atoms with Crippen LogP contribution in [0.3, 0.4) is 0 Å². The monoisotopic (exact) mass is 302 g/mol. The van der Waals surface area contributed by atoms with Crippen molar-refractivity contribution in [3.8, 4) is 0 Å².